The maximum atomic E-state index is 13.1. The number of aryl methyl sites for hydroxylation is 2. The summed E-state index contributed by atoms with van der Waals surface area (Å²) in [5.41, 5.74) is 5.76. The molecular formula is C25H31N3O2. The molecule has 0 bridgehead atoms. The minimum Gasteiger partial charge on any atom is -0.372 e. The summed E-state index contributed by atoms with van der Waals surface area (Å²) in [7, 11) is 0. The van der Waals surface area contributed by atoms with Crippen LogP contribution in [0.5, 0.6) is 0 Å². The number of imide groups is 1. The predicted octanol–water partition coefficient (Wildman–Crippen LogP) is 4.75. The molecule has 158 valence electrons. The average molecular weight is 406 g/mol. The molecule has 2 amide bonds. The van der Waals surface area contributed by atoms with Crippen molar-refractivity contribution in [3.63, 3.8) is 0 Å². The van der Waals surface area contributed by atoms with Crippen LogP contribution in [0.4, 0.5) is 11.4 Å². The Bertz CT molecular complexity index is 972. The number of hydrogen-bond acceptors (Lipinski definition) is 4. The fourth-order valence-electron chi connectivity index (χ4n) is 3.77. The average Bonchev–Trinajstić information content (AvgIpc) is 2.97. The number of hydrogen-bond donors (Lipinski definition) is 1. The van der Waals surface area contributed by atoms with Crippen molar-refractivity contribution in [2.45, 2.75) is 41.0 Å². The maximum absolute atomic E-state index is 13.1. The lowest BCUT2D eigenvalue weighted by atomic mass is 9.99. The molecular weight excluding hydrogens is 374 g/mol. The lowest BCUT2D eigenvalue weighted by molar-refractivity contribution is -0.136. The van der Waals surface area contributed by atoms with E-state index in [1.54, 1.807) is 0 Å². The van der Waals surface area contributed by atoms with Crippen molar-refractivity contribution < 1.29 is 9.59 Å². The van der Waals surface area contributed by atoms with Gasteiger partial charge in [0.25, 0.3) is 11.8 Å². The molecule has 1 heterocycles. The summed E-state index contributed by atoms with van der Waals surface area (Å²) in [6.07, 6.45) is 0.726. The smallest absolute Gasteiger partial charge is 0.278 e. The van der Waals surface area contributed by atoms with Crippen molar-refractivity contribution in [2.75, 3.05) is 29.9 Å². The van der Waals surface area contributed by atoms with E-state index in [2.05, 4.69) is 24.1 Å². The second-order valence-electron chi connectivity index (χ2n) is 7.66. The molecule has 0 saturated heterocycles. The number of nitrogens with zero attached hydrogens (tertiary/aromatic N) is 2. The zero-order valence-electron chi connectivity index (χ0n) is 18.6. The van der Waals surface area contributed by atoms with Gasteiger partial charge in [-0.15, -0.1) is 0 Å². The van der Waals surface area contributed by atoms with Gasteiger partial charge in [0.05, 0.1) is 5.57 Å². The van der Waals surface area contributed by atoms with Crippen LogP contribution in [0.15, 0.2) is 48.2 Å². The van der Waals surface area contributed by atoms with Crippen LogP contribution >= 0.6 is 0 Å². The Morgan fingerprint density at radius 3 is 2.10 bits per heavy atom. The summed E-state index contributed by atoms with van der Waals surface area (Å²) in [5.74, 6) is -0.490. The Morgan fingerprint density at radius 2 is 1.53 bits per heavy atom. The van der Waals surface area contributed by atoms with Gasteiger partial charge in [-0.05, 0) is 75.1 Å². The van der Waals surface area contributed by atoms with Crippen LogP contribution in [0.3, 0.4) is 0 Å². The first-order chi connectivity index (χ1) is 14.4. The molecule has 2 aromatic carbocycles. The summed E-state index contributed by atoms with van der Waals surface area (Å²) < 4.78 is 0. The Hall–Kier alpha value is -3.08. The molecule has 1 aliphatic heterocycles. The van der Waals surface area contributed by atoms with Crippen LogP contribution in [0.25, 0.3) is 5.57 Å². The van der Waals surface area contributed by atoms with Gasteiger partial charge in [0.15, 0.2) is 0 Å². The molecule has 1 N–H and O–H groups in total. The van der Waals surface area contributed by atoms with Crippen LogP contribution in [0.1, 0.15) is 43.9 Å². The van der Waals surface area contributed by atoms with Gasteiger partial charge in [-0.25, -0.2) is 0 Å². The van der Waals surface area contributed by atoms with E-state index in [4.69, 9.17) is 0 Å². The first kappa shape index (κ1) is 21.6. The standard InChI is InChI=1S/C25H31N3O2/c1-6-15-28-24(29)22(19-10-9-17(4)18(5)16-19)23(25(28)30)26-20-11-13-21(14-12-20)27(7-2)8-3/h9-14,16,26H,6-8,15H2,1-5H3. The summed E-state index contributed by atoms with van der Waals surface area (Å²) >= 11 is 0. The molecule has 0 spiro atoms. The van der Waals surface area contributed by atoms with Gasteiger partial charge >= 0.3 is 0 Å². The fraction of sp³-hybridized carbons (Fsp3) is 0.360. The molecule has 5 nitrogen and oxygen atoms in total. The normalized spacial score (nSPS) is 14.0. The lowest BCUT2D eigenvalue weighted by Gasteiger charge is -2.21. The van der Waals surface area contributed by atoms with Crippen LogP contribution in [0, 0.1) is 13.8 Å². The molecule has 30 heavy (non-hydrogen) atoms. The van der Waals surface area contributed by atoms with E-state index in [1.807, 2.05) is 63.2 Å². The molecule has 0 unspecified atom stereocenters. The molecule has 1 aliphatic rings. The third-order valence-electron chi connectivity index (χ3n) is 5.68. The Labute approximate surface area is 179 Å². The number of rotatable bonds is 8. The van der Waals surface area contributed by atoms with Gasteiger partial charge in [0.2, 0.25) is 0 Å². The van der Waals surface area contributed by atoms with Gasteiger partial charge in [-0.1, -0.05) is 25.1 Å². The topological polar surface area (TPSA) is 52.7 Å². The third-order valence-corrected chi connectivity index (χ3v) is 5.68. The summed E-state index contributed by atoms with van der Waals surface area (Å²) in [6.45, 7) is 12.6. The van der Waals surface area contributed by atoms with Crippen LogP contribution in [-0.2, 0) is 9.59 Å². The van der Waals surface area contributed by atoms with Crippen molar-refractivity contribution in [1.82, 2.24) is 4.90 Å². The second-order valence-corrected chi connectivity index (χ2v) is 7.66. The molecule has 5 heteroatoms. The first-order valence-corrected chi connectivity index (χ1v) is 10.7. The molecule has 0 aliphatic carbocycles. The summed E-state index contributed by atoms with van der Waals surface area (Å²) in [6, 6.07) is 13.9. The quantitative estimate of drug-likeness (QED) is 0.644. The first-order valence-electron chi connectivity index (χ1n) is 10.7. The number of benzene rings is 2. The Morgan fingerprint density at radius 1 is 0.867 bits per heavy atom. The van der Waals surface area contributed by atoms with Crippen LogP contribution < -0.4 is 10.2 Å². The van der Waals surface area contributed by atoms with E-state index in [0.29, 0.717) is 17.8 Å². The Kier molecular flexibility index (Phi) is 6.60. The number of nitrogens with one attached hydrogen (secondary N) is 1. The number of carbonyl (C=O) groups excluding carboxylic acids is 2. The van der Waals surface area contributed by atoms with E-state index in [1.165, 1.54) is 4.90 Å². The van der Waals surface area contributed by atoms with Crippen molar-refractivity contribution in [3.8, 4) is 0 Å². The molecule has 2 aromatic rings. The zero-order chi connectivity index (χ0) is 21.8. The van der Waals surface area contributed by atoms with Crippen molar-refractivity contribution in [2.24, 2.45) is 0 Å². The van der Waals surface area contributed by atoms with Gasteiger partial charge in [-0.3, -0.25) is 14.5 Å². The highest BCUT2D eigenvalue weighted by Crippen LogP contribution is 2.32. The van der Waals surface area contributed by atoms with Crippen molar-refractivity contribution in [1.29, 1.82) is 0 Å². The molecule has 0 aromatic heterocycles. The van der Waals surface area contributed by atoms with E-state index in [9.17, 15) is 9.59 Å². The summed E-state index contributed by atoms with van der Waals surface area (Å²) in [5, 5.41) is 3.24. The second kappa shape index (κ2) is 9.16. The highest BCUT2D eigenvalue weighted by atomic mass is 16.2. The highest BCUT2D eigenvalue weighted by molar-refractivity contribution is 6.36. The zero-order valence-corrected chi connectivity index (χ0v) is 18.6. The minimum atomic E-state index is -0.261. The number of amides is 2. The number of carbonyl (C=O) groups is 2. The molecule has 0 atom stereocenters. The third kappa shape index (κ3) is 4.11. The summed E-state index contributed by atoms with van der Waals surface area (Å²) in [4.78, 5) is 29.8. The molecule has 3 rings (SSSR count). The molecule has 0 saturated carbocycles. The van der Waals surface area contributed by atoms with E-state index in [-0.39, 0.29) is 11.8 Å². The van der Waals surface area contributed by atoms with Gasteiger partial charge in [0, 0.05) is 31.0 Å². The monoisotopic (exact) mass is 405 g/mol. The number of anilines is 2. The van der Waals surface area contributed by atoms with E-state index >= 15 is 0 Å². The predicted molar refractivity (Wildman–Crippen MR) is 123 cm³/mol. The van der Waals surface area contributed by atoms with Gasteiger partial charge < -0.3 is 10.2 Å². The minimum absolute atomic E-state index is 0.229. The SMILES string of the molecule is CCCN1C(=O)C(Nc2ccc(N(CC)CC)cc2)=C(c2ccc(C)c(C)c2)C1=O. The van der Waals surface area contributed by atoms with Crippen molar-refractivity contribution >= 4 is 28.8 Å². The largest absolute Gasteiger partial charge is 0.372 e. The maximum Gasteiger partial charge on any atom is 0.278 e. The van der Waals surface area contributed by atoms with Crippen molar-refractivity contribution in [3.05, 3.63) is 64.9 Å². The van der Waals surface area contributed by atoms with Gasteiger partial charge in [-0.2, -0.15) is 0 Å². The Balaban J connectivity index is 2.00. The highest BCUT2D eigenvalue weighted by Gasteiger charge is 2.38. The van der Waals surface area contributed by atoms with Gasteiger partial charge in [0.1, 0.15) is 5.70 Å². The molecule has 0 radical (unpaired) electrons. The van der Waals surface area contributed by atoms with Crippen LogP contribution in [0.2, 0.25) is 0 Å². The van der Waals surface area contributed by atoms with E-state index < -0.39 is 0 Å². The fourth-order valence-corrected chi connectivity index (χ4v) is 3.77. The lowest BCUT2D eigenvalue weighted by Crippen LogP contribution is -2.33. The van der Waals surface area contributed by atoms with Crippen LogP contribution in [-0.4, -0.2) is 36.3 Å². The molecule has 0 fully saturated rings. The van der Waals surface area contributed by atoms with E-state index in [0.717, 1.165) is 47.6 Å².